The summed E-state index contributed by atoms with van der Waals surface area (Å²) in [4.78, 5) is 27.7. The van der Waals surface area contributed by atoms with Crippen molar-refractivity contribution in [1.82, 2.24) is 9.80 Å². The van der Waals surface area contributed by atoms with Crippen LogP contribution in [0, 0.1) is 5.82 Å². The highest BCUT2D eigenvalue weighted by Gasteiger charge is 2.32. The molecule has 0 atom stereocenters. The molecule has 1 amide bonds. The van der Waals surface area contributed by atoms with E-state index in [1.807, 2.05) is 17.0 Å². The lowest BCUT2D eigenvalue weighted by Gasteiger charge is -2.33. The first kappa shape index (κ1) is 20.7. The molecule has 166 valence electrons. The molecule has 2 N–H and O–H groups in total. The molecule has 0 radical (unpaired) electrons. The maximum Gasteiger partial charge on any atom is 0.317 e. The fraction of sp³-hybridized carbons (Fsp3) is 0.333. The third-order valence-electron chi connectivity index (χ3n) is 6.28. The zero-order valence-corrected chi connectivity index (χ0v) is 17.6. The van der Waals surface area contributed by atoms with Crippen molar-refractivity contribution in [3.63, 3.8) is 0 Å². The molecule has 2 aromatic rings. The molecule has 3 aliphatic rings. The van der Waals surface area contributed by atoms with Crippen molar-refractivity contribution in [2.45, 2.75) is 13.0 Å². The van der Waals surface area contributed by atoms with Gasteiger partial charge in [0.25, 0.3) is 5.91 Å². The SMILES string of the molecule is O=C(O)CN1CCN(CCc2ccc3c(c2)COC3=C2C(=O)Nc3ccc(F)cc32)CC1. The summed E-state index contributed by atoms with van der Waals surface area (Å²) in [6.45, 7) is 4.66. The van der Waals surface area contributed by atoms with Gasteiger partial charge in [-0.2, -0.15) is 0 Å². The van der Waals surface area contributed by atoms with Gasteiger partial charge in [0.05, 0.1) is 12.1 Å². The number of piperazine rings is 1. The van der Waals surface area contributed by atoms with Gasteiger partial charge in [-0.05, 0) is 30.2 Å². The number of halogens is 1. The highest BCUT2D eigenvalue weighted by atomic mass is 19.1. The minimum absolute atomic E-state index is 0.103. The van der Waals surface area contributed by atoms with Crippen LogP contribution in [0.25, 0.3) is 11.3 Å². The van der Waals surface area contributed by atoms with Crippen LogP contribution in [0.5, 0.6) is 0 Å². The second kappa shape index (κ2) is 8.37. The van der Waals surface area contributed by atoms with Crippen LogP contribution in [-0.4, -0.2) is 66.1 Å². The molecule has 0 aliphatic carbocycles. The Morgan fingerprint density at radius 3 is 2.62 bits per heavy atom. The lowest BCUT2D eigenvalue weighted by molar-refractivity contribution is -0.138. The Bertz CT molecular complexity index is 1120. The molecule has 3 heterocycles. The molecule has 0 spiro atoms. The predicted molar refractivity (Wildman–Crippen MR) is 117 cm³/mol. The van der Waals surface area contributed by atoms with Crippen LogP contribution < -0.4 is 5.32 Å². The molecule has 7 nitrogen and oxygen atoms in total. The zero-order valence-electron chi connectivity index (χ0n) is 17.6. The number of hydrogen-bond donors (Lipinski definition) is 2. The van der Waals surface area contributed by atoms with Crippen molar-refractivity contribution in [3.8, 4) is 0 Å². The number of benzene rings is 2. The van der Waals surface area contributed by atoms with E-state index in [0.717, 1.165) is 50.3 Å². The first-order chi connectivity index (χ1) is 15.5. The number of ether oxygens (including phenoxy) is 1. The fourth-order valence-electron chi connectivity index (χ4n) is 4.59. The summed E-state index contributed by atoms with van der Waals surface area (Å²) < 4.78 is 19.7. The summed E-state index contributed by atoms with van der Waals surface area (Å²) in [5, 5.41) is 11.7. The maximum absolute atomic E-state index is 13.8. The topological polar surface area (TPSA) is 82.1 Å². The van der Waals surface area contributed by atoms with Gasteiger partial charge in [-0.3, -0.25) is 14.5 Å². The number of aliphatic carboxylic acids is 1. The molecule has 8 heteroatoms. The molecular weight excluding hydrogens is 413 g/mol. The summed E-state index contributed by atoms with van der Waals surface area (Å²) >= 11 is 0. The molecular formula is C24H24FN3O4. The number of hydrogen-bond acceptors (Lipinski definition) is 5. The van der Waals surface area contributed by atoms with E-state index < -0.39 is 11.8 Å². The van der Waals surface area contributed by atoms with Gasteiger partial charge in [0.1, 0.15) is 18.2 Å². The third-order valence-corrected chi connectivity index (χ3v) is 6.28. The largest absolute Gasteiger partial charge is 0.487 e. The van der Waals surface area contributed by atoms with Gasteiger partial charge in [0, 0.05) is 55.1 Å². The predicted octanol–water partition coefficient (Wildman–Crippen LogP) is 2.42. The summed E-state index contributed by atoms with van der Waals surface area (Å²) in [5.74, 6) is -0.949. The van der Waals surface area contributed by atoms with Crippen LogP contribution in [0.3, 0.4) is 0 Å². The molecule has 32 heavy (non-hydrogen) atoms. The quantitative estimate of drug-likeness (QED) is 0.700. The monoisotopic (exact) mass is 437 g/mol. The van der Waals surface area contributed by atoms with Crippen LogP contribution in [0.15, 0.2) is 36.4 Å². The van der Waals surface area contributed by atoms with E-state index in [1.165, 1.54) is 17.7 Å². The van der Waals surface area contributed by atoms with E-state index in [-0.39, 0.29) is 12.5 Å². The summed E-state index contributed by atoms with van der Waals surface area (Å²) in [5.41, 5.74) is 4.59. The van der Waals surface area contributed by atoms with Gasteiger partial charge in [-0.1, -0.05) is 18.2 Å². The Kier molecular flexibility index (Phi) is 5.40. The molecule has 0 aromatic heterocycles. The van der Waals surface area contributed by atoms with E-state index >= 15 is 0 Å². The van der Waals surface area contributed by atoms with E-state index in [1.54, 1.807) is 6.07 Å². The Morgan fingerprint density at radius 2 is 1.84 bits per heavy atom. The maximum atomic E-state index is 13.8. The van der Waals surface area contributed by atoms with Gasteiger partial charge in [0.15, 0.2) is 0 Å². The normalized spacial score (nSPS) is 20.6. The van der Waals surface area contributed by atoms with Crippen molar-refractivity contribution in [2.75, 3.05) is 44.6 Å². The number of amides is 1. The summed E-state index contributed by atoms with van der Waals surface area (Å²) in [6.07, 6.45) is 0.882. The van der Waals surface area contributed by atoms with Crippen LogP contribution >= 0.6 is 0 Å². The van der Waals surface area contributed by atoms with Crippen molar-refractivity contribution in [1.29, 1.82) is 0 Å². The average Bonchev–Trinajstić information content (AvgIpc) is 3.31. The van der Waals surface area contributed by atoms with E-state index in [4.69, 9.17) is 9.84 Å². The number of rotatable bonds is 5. The van der Waals surface area contributed by atoms with Crippen LogP contribution in [0.4, 0.5) is 10.1 Å². The van der Waals surface area contributed by atoms with Crippen molar-refractivity contribution in [2.24, 2.45) is 0 Å². The van der Waals surface area contributed by atoms with E-state index in [0.29, 0.717) is 29.2 Å². The Labute approximate surface area is 185 Å². The lowest BCUT2D eigenvalue weighted by atomic mass is 9.98. The van der Waals surface area contributed by atoms with Crippen LogP contribution in [-0.2, 0) is 27.4 Å². The Morgan fingerprint density at radius 1 is 1.06 bits per heavy atom. The van der Waals surface area contributed by atoms with Crippen LogP contribution in [0.2, 0.25) is 0 Å². The smallest absolute Gasteiger partial charge is 0.317 e. The standard InChI is InChI=1S/C24H24FN3O4/c25-17-2-4-20-19(12-17)22(24(31)26-20)23-18-3-1-15(11-16(18)14-32-23)5-6-27-7-9-28(10-8-27)13-21(29)30/h1-4,11-12H,5-10,13-14H2,(H,26,31)(H,29,30). The molecule has 3 aliphatic heterocycles. The number of nitrogens with one attached hydrogen (secondary N) is 1. The number of carbonyl (C=O) groups excluding carboxylic acids is 1. The molecule has 2 aromatic carbocycles. The molecule has 1 fully saturated rings. The van der Waals surface area contributed by atoms with Gasteiger partial charge < -0.3 is 20.1 Å². The molecule has 5 rings (SSSR count). The van der Waals surface area contributed by atoms with Crippen molar-refractivity contribution < 1.29 is 23.8 Å². The Balaban J connectivity index is 1.28. The molecule has 0 saturated carbocycles. The second-order valence-corrected chi connectivity index (χ2v) is 8.39. The number of anilines is 1. The van der Waals surface area contributed by atoms with E-state index in [2.05, 4.69) is 16.3 Å². The fourth-order valence-corrected chi connectivity index (χ4v) is 4.59. The lowest BCUT2D eigenvalue weighted by Crippen LogP contribution is -2.48. The summed E-state index contributed by atoms with van der Waals surface area (Å²) in [6, 6.07) is 10.4. The van der Waals surface area contributed by atoms with E-state index in [9.17, 15) is 14.0 Å². The number of fused-ring (bicyclic) bond motifs is 2. The first-order valence-electron chi connectivity index (χ1n) is 10.7. The average molecular weight is 437 g/mol. The van der Waals surface area contributed by atoms with Crippen molar-refractivity contribution in [3.05, 3.63) is 64.5 Å². The first-order valence-corrected chi connectivity index (χ1v) is 10.7. The zero-order chi connectivity index (χ0) is 22.2. The van der Waals surface area contributed by atoms with Crippen molar-refractivity contribution >= 4 is 28.9 Å². The van der Waals surface area contributed by atoms with Crippen LogP contribution in [0.1, 0.15) is 22.3 Å². The highest BCUT2D eigenvalue weighted by Crippen LogP contribution is 2.41. The number of carboxylic acid groups (broad SMARTS) is 1. The number of nitrogens with zero attached hydrogens (tertiary/aromatic N) is 2. The van der Waals surface area contributed by atoms with Gasteiger partial charge in [0.2, 0.25) is 0 Å². The molecule has 0 unspecified atom stereocenters. The third kappa shape index (κ3) is 3.99. The Hall–Kier alpha value is -3.23. The number of carboxylic acids is 1. The molecule has 1 saturated heterocycles. The summed E-state index contributed by atoms with van der Waals surface area (Å²) in [7, 11) is 0. The minimum atomic E-state index is -0.781. The minimum Gasteiger partial charge on any atom is -0.487 e. The van der Waals surface area contributed by atoms with Gasteiger partial charge in [-0.25, -0.2) is 4.39 Å². The van der Waals surface area contributed by atoms with Gasteiger partial charge >= 0.3 is 5.97 Å². The van der Waals surface area contributed by atoms with Gasteiger partial charge in [-0.15, -0.1) is 0 Å². The molecule has 0 bridgehead atoms. The second-order valence-electron chi connectivity index (χ2n) is 8.39. The highest BCUT2D eigenvalue weighted by molar-refractivity contribution is 6.36. The number of carbonyl (C=O) groups is 2.